The molecule has 0 aliphatic rings. The van der Waals surface area contributed by atoms with Crippen LogP contribution >= 0.6 is 0 Å². The van der Waals surface area contributed by atoms with Crippen molar-refractivity contribution >= 4 is 5.91 Å². The quantitative estimate of drug-likeness (QED) is 0.317. The van der Waals surface area contributed by atoms with Gasteiger partial charge >= 0.3 is 0 Å². The summed E-state index contributed by atoms with van der Waals surface area (Å²) in [5, 5.41) is 37.5. The molecule has 0 aromatic heterocycles. The third-order valence-electron chi connectivity index (χ3n) is 4.57. The third-order valence-corrected chi connectivity index (χ3v) is 4.57. The summed E-state index contributed by atoms with van der Waals surface area (Å²) in [7, 11) is 0. The van der Waals surface area contributed by atoms with E-state index >= 15 is 0 Å². The molecule has 4 N–H and O–H groups in total. The lowest BCUT2D eigenvalue weighted by Crippen LogP contribution is -2.60. The lowest BCUT2D eigenvalue weighted by molar-refractivity contribution is -0.146. The van der Waals surface area contributed by atoms with Crippen LogP contribution in [-0.2, 0) is 4.79 Å². The molecule has 6 heteroatoms. The molecule has 0 unspecified atom stereocenters. The minimum atomic E-state index is -1.40. The summed E-state index contributed by atoms with van der Waals surface area (Å²) < 4.78 is 0. The normalized spacial score (nSPS) is 11.7. The van der Waals surface area contributed by atoms with E-state index in [1.807, 2.05) is 0 Å². The number of carbonyl (C=O) groups is 1. The van der Waals surface area contributed by atoms with E-state index in [0.717, 1.165) is 19.3 Å². The van der Waals surface area contributed by atoms with Crippen LogP contribution in [0, 0.1) is 0 Å². The highest BCUT2D eigenvalue weighted by Crippen LogP contribution is 2.17. The zero-order chi connectivity index (χ0) is 18.3. The Kier molecular flexibility index (Phi) is 14.2. The lowest BCUT2D eigenvalue weighted by Gasteiger charge is -2.40. The third kappa shape index (κ3) is 8.42. The molecule has 0 aliphatic carbocycles. The first-order valence-corrected chi connectivity index (χ1v) is 9.35. The predicted molar refractivity (Wildman–Crippen MR) is 94.6 cm³/mol. The SMILES string of the molecule is CCCCCCCCCCCC(=O)N(CCO)C(CO)(CO)CO. The molecule has 0 aromatic carbocycles. The van der Waals surface area contributed by atoms with Crippen LogP contribution in [0.25, 0.3) is 0 Å². The first kappa shape index (κ1) is 23.3. The maximum atomic E-state index is 12.3. The summed E-state index contributed by atoms with van der Waals surface area (Å²) >= 11 is 0. The van der Waals surface area contributed by atoms with Crippen molar-refractivity contribution in [2.75, 3.05) is 33.0 Å². The van der Waals surface area contributed by atoms with Gasteiger partial charge in [0.25, 0.3) is 0 Å². The molecule has 0 fully saturated rings. The van der Waals surface area contributed by atoms with Gasteiger partial charge in [0.05, 0.1) is 26.4 Å². The summed E-state index contributed by atoms with van der Waals surface area (Å²) in [5.74, 6) is -0.246. The Labute approximate surface area is 146 Å². The molecule has 0 radical (unpaired) electrons. The number of hydrogen-bond acceptors (Lipinski definition) is 5. The van der Waals surface area contributed by atoms with Crippen molar-refractivity contribution in [1.82, 2.24) is 4.90 Å². The Morgan fingerprint density at radius 1 is 0.792 bits per heavy atom. The number of amides is 1. The van der Waals surface area contributed by atoms with Gasteiger partial charge in [0.1, 0.15) is 5.54 Å². The van der Waals surface area contributed by atoms with Crippen molar-refractivity contribution in [2.24, 2.45) is 0 Å². The largest absolute Gasteiger partial charge is 0.395 e. The van der Waals surface area contributed by atoms with Crippen molar-refractivity contribution in [3.05, 3.63) is 0 Å². The number of β-amino-alcohol motifs (C(OH)–C–C–N with tert-alkyl or cyclic N) is 1. The van der Waals surface area contributed by atoms with Crippen LogP contribution in [-0.4, -0.2) is 69.7 Å². The Balaban J connectivity index is 4.12. The van der Waals surface area contributed by atoms with Gasteiger partial charge in [0, 0.05) is 13.0 Å². The molecule has 0 heterocycles. The van der Waals surface area contributed by atoms with Crippen LogP contribution < -0.4 is 0 Å². The van der Waals surface area contributed by atoms with Crippen LogP contribution in [0.3, 0.4) is 0 Å². The Morgan fingerprint density at radius 3 is 1.67 bits per heavy atom. The van der Waals surface area contributed by atoms with E-state index < -0.39 is 25.4 Å². The van der Waals surface area contributed by atoms with Gasteiger partial charge in [-0.05, 0) is 6.42 Å². The molecular formula is C18H37NO5. The van der Waals surface area contributed by atoms with Gasteiger partial charge in [-0.3, -0.25) is 4.79 Å². The first-order valence-electron chi connectivity index (χ1n) is 9.35. The summed E-state index contributed by atoms with van der Waals surface area (Å²) in [5.41, 5.74) is -1.40. The number of aliphatic hydroxyl groups excluding tert-OH is 4. The fourth-order valence-corrected chi connectivity index (χ4v) is 2.85. The van der Waals surface area contributed by atoms with E-state index in [9.17, 15) is 20.1 Å². The molecule has 0 aromatic rings. The highest BCUT2D eigenvalue weighted by Gasteiger charge is 2.37. The second-order valence-electron chi connectivity index (χ2n) is 6.55. The Morgan fingerprint density at radius 2 is 1.25 bits per heavy atom. The van der Waals surface area contributed by atoms with Gasteiger partial charge in [-0.25, -0.2) is 0 Å². The van der Waals surface area contributed by atoms with Crippen molar-refractivity contribution in [3.63, 3.8) is 0 Å². The molecule has 0 spiro atoms. The molecule has 1 amide bonds. The topological polar surface area (TPSA) is 101 Å². The Hall–Kier alpha value is -0.690. The number of carbonyl (C=O) groups excluding carboxylic acids is 1. The number of nitrogens with zero attached hydrogens (tertiary/aromatic N) is 1. The average molecular weight is 347 g/mol. The zero-order valence-electron chi connectivity index (χ0n) is 15.3. The molecule has 24 heavy (non-hydrogen) atoms. The summed E-state index contributed by atoms with van der Waals surface area (Å²) in [4.78, 5) is 13.6. The molecule has 0 atom stereocenters. The van der Waals surface area contributed by atoms with E-state index in [1.54, 1.807) is 0 Å². The van der Waals surface area contributed by atoms with Gasteiger partial charge in [-0.2, -0.15) is 0 Å². The summed E-state index contributed by atoms with van der Waals surface area (Å²) in [6.07, 6.45) is 10.7. The molecule has 0 rings (SSSR count). The number of aliphatic hydroxyl groups is 4. The van der Waals surface area contributed by atoms with E-state index in [4.69, 9.17) is 5.11 Å². The second-order valence-corrected chi connectivity index (χ2v) is 6.55. The second kappa shape index (κ2) is 14.6. The van der Waals surface area contributed by atoms with Crippen molar-refractivity contribution in [1.29, 1.82) is 0 Å². The first-order chi connectivity index (χ1) is 11.6. The zero-order valence-corrected chi connectivity index (χ0v) is 15.3. The monoisotopic (exact) mass is 347 g/mol. The standard InChI is InChI=1S/C18H37NO5/c1-2-3-4-5-6-7-8-9-10-11-17(24)19(12-13-20)18(14-21,15-22)16-23/h20-23H,2-16H2,1H3. The van der Waals surface area contributed by atoms with Crippen LogP contribution in [0.5, 0.6) is 0 Å². The molecule has 6 nitrogen and oxygen atoms in total. The van der Waals surface area contributed by atoms with Crippen LogP contribution in [0.15, 0.2) is 0 Å². The van der Waals surface area contributed by atoms with Gasteiger partial charge < -0.3 is 25.3 Å². The molecule has 0 aliphatic heterocycles. The van der Waals surface area contributed by atoms with Crippen LogP contribution in [0.1, 0.15) is 71.1 Å². The van der Waals surface area contributed by atoms with Gasteiger partial charge in [-0.15, -0.1) is 0 Å². The minimum Gasteiger partial charge on any atom is -0.395 e. The van der Waals surface area contributed by atoms with Crippen molar-refractivity contribution in [3.8, 4) is 0 Å². The molecule has 0 saturated heterocycles. The predicted octanol–water partition coefficient (Wildman–Crippen LogP) is 1.44. The summed E-state index contributed by atoms with van der Waals surface area (Å²) in [6, 6.07) is 0. The van der Waals surface area contributed by atoms with E-state index in [1.165, 1.54) is 43.4 Å². The number of rotatable bonds is 16. The molecule has 0 bridgehead atoms. The Bertz CT molecular complexity index is 300. The molecule has 0 saturated carbocycles. The van der Waals surface area contributed by atoms with Crippen molar-refractivity contribution in [2.45, 2.75) is 76.7 Å². The van der Waals surface area contributed by atoms with E-state index in [0.29, 0.717) is 6.42 Å². The number of unbranched alkanes of at least 4 members (excludes halogenated alkanes) is 8. The highest BCUT2D eigenvalue weighted by molar-refractivity contribution is 5.77. The van der Waals surface area contributed by atoms with Crippen LogP contribution in [0.4, 0.5) is 0 Å². The van der Waals surface area contributed by atoms with Gasteiger partial charge in [0.2, 0.25) is 5.91 Å². The van der Waals surface area contributed by atoms with E-state index in [-0.39, 0.29) is 19.1 Å². The van der Waals surface area contributed by atoms with Crippen LogP contribution in [0.2, 0.25) is 0 Å². The van der Waals surface area contributed by atoms with E-state index in [2.05, 4.69) is 6.92 Å². The van der Waals surface area contributed by atoms with Gasteiger partial charge in [0.15, 0.2) is 0 Å². The molecule has 144 valence electrons. The maximum Gasteiger partial charge on any atom is 0.223 e. The maximum absolute atomic E-state index is 12.3. The molecular weight excluding hydrogens is 310 g/mol. The highest BCUT2D eigenvalue weighted by atomic mass is 16.3. The number of hydrogen-bond donors (Lipinski definition) is 4. The fraction of sp³-hybridized carbons (Fsp3) is 0.944. The van der Waals surface area contributed by atoms with Crippen molar-refractivity contribution < 1.29 is 25.2 Å². The lowest BCUT2D eigenvalue weighted by atomic mass is 9.99. The minimum absolute atomic E-state index is 0.00204. The van der Waals surface area contributed by atoms with Gasteiger partial charge in [-0.1, -0.05) is 58.3 Å². The average Bonchev–Trinajstić information content (AvgIpc) is 2.61. The summed E-state index contributed by atoms with van der Waals surface area (Å²) in [6.45, 7) is 0.315. The smallest absolute Gasteiger partial charge is 0.223 e. The fourth-order valence-electron chi connectivity index (χ4n) is 2.85.